The molecule has 2 amide bonds. The van der Waals surface area contributed by atoms with Gasteiger partial charge in [-0.3, -0.25) is 9.59 Å². The van der Waals surface area contributed by atoms with Crippen molar-refractivity contribution < 1.29 is 14.3 Å². The minimum atomic E-state index is -0.228. The van der Waals surface area contributed by atoms with Crippen molar-refractivity contribution in [2.45, 2.75) is 59.4 Å². The molecule has 0 unspecified atom stereocenters. The predicted molar refractivity (Wildman–Crippen MR) is 165 cm³/mol. The maximum atomic E-state index is 14.1. The van der Waals surface area contributed by atoms with Crippen LogP contribution in [-0.2, 0) is 14.9 Å². The third-order valence-corrected chi connectivity index (χ3v) is 7.60. The monoisotopic (exact) mass is 606 g/mol. The van der Waals surface area contributed by atoms with E-state index in [4.69, 9.17) is 9.72 Å². The quantitative estimate of drug-likeness (QED) is 0.389. The molecule has 2 atom stereocenters. The summed E-state index contributed by atoms with van der Waals surface area (Å²) in [4.78, 5) is 40.6. The molecule has 0 saturated carbocycles. The molecule has 12 heteroatoms. The number of hydrogen-bond donors (Lipinski definition) is 2. The summed E-state index contributed by atoms with van der Waals surface area (Å²) in [7, 11) is 0. The highest BCUT2D eigenvalue weighted by molar-refractivity contribution is 7.99. The van der Waals surface area contributed by atoms with Gasteiger partial charge in [-0.15, -0.1) is 24.8 Å². The molecule has 3 heterocycles. The average molecular weight is 608 g/mol. The van der Waals surface area contributed by atoms with Gasteiger partial charge >= 0.3 is 0 Å². The number of ether oxygens (including phenoxy) is 1. The number of halogens is 2. The first-order chi connectivity index (χ1) is 17.6. The fourth-order valence-electron chi connectivity index (χ4n) is 4.75. The zero-order chi connectivity index (χ0) is 27.0. The molecule has 3 rings (SSSR count). The van der Waals surface area contributed by atoms with Gasteiger partial charge in [0.1, 0.15) is 17.2 Å². The molecule has 9 nitrogen and oxygen atoms in total. The van der Waals surface area contributed by atoms with E-state index in [1.165, 1.54) is 0 Å². The van der Waals surface area contributed by atoms with E-state index in [0.717, 1.165) is 18.1 Å². The van der Waals surface area contributed by atoms with E-state index in [0.29, 0.717) is 69.6 Å². The van der Waals surface area contributed by atoms with Gasteiger partial charge in [0.2, 0.25) is 5.91 Å². The van der Waals surface area contributed by atoms with Crippen LogP contribution in [0.4, 0.5) is 5.82 Å². The third-order valence-electron chi connectivity index (χ3n) is 6.70. The Morgan fingerprint density at radius 1 is 1.23 bits per heavy atom. The molecule has 0 radical (unpaired) electrons. The lowest BCUT2D eigenvalue weighted by atomic mass is 9.92. The molecule has 2 aliphatic heterocycles. The number of piperidine rings is 1. The minimum Gasteiger partial charge on any atom is -0.378 e. The summed E-state index contributed by atoms with van der Waals surface area (Å²) in [6.07, 6.45) is 2.34. The van der Waals surface area contributed by atoms with Crippen LogP contribution >= 0.6 is 36.6 Å². The van der Waals surface area contributed by atoms with Gasteiger partial charge in [-0.25, -0.2) is 9.97 Å². The van der Waals surface area contributed by atoms with E-state index < -0.39 is 0 Å². The molecular formula is C27H48Cl2N6O3S. The Bertz CT molecular complexity index is 912. The molecule has 0 aliphatic carbocycles. The lowest BCUT2D eigenvalue weighted by Crippen LogP contribution is -2.56. The maximum absolute atomic E-state index is 14.1. The maximum Gasteiger partial charge on any atom is 0.259 e. The van der Waals surface area contributed by atoms with Crippen LogP contribution in [0, 0.1) is 11.8 Å². The van der Waals surface area contributed by atoms with Gasteiger partial charge in [-0.05, 0) is 18.1 Å². The topological polar surface area (TPSA) is 99.7 Å². The molecule has 0 bridgehead atoms. The zero-order valence-electron chi connectivity index (χ0n) is 24.3. The standard InChI is InChI=1S/C27H46N6O3S.2ClH/c1-7-37-13-8-29-23-22(17-30-26(31-23)27(4,5)6)25(35)33(18-19(2)3)21-14-20(15-28-16-21)24(34)32-9-11-36-12-10-32;;/h17,19-21,28H,7-16,18H2,1-6H3,(H,29,30,31);2*1H/t20-,21+;;/m1../s1. The SMILES string of the molecule is CCSCCNc1nc(C(C)(C)C)ncc1C(=O)N(CC(C)C)[C@@H]1CNC[C@H](C(=O)N2CCOCC2)C1.Cl.Cl. The number of nitrogens with one attached hydrogen (secondary N) is 2. The van der Waals surface area contributed by atoms with Crippen molar-refractivity contribution in [2.75, 3.05) is 69.3 Å². The molecule has 0 aromatic carbocycles. The van der Waals surface area contributed by atoms with Crippen molar-refractivity contribution in [3.63, 3.8) is 0 Å². The fraction of sp³-hybridized carbons (Fsp3) is 0.778. The molecule has 2 aliphatic rings. The van der Waals surface area contributed by atoms with Crippen molar-refractivity contribution in [1.29, 1.82) is 0 Å². The Balaban J connectivity index is 0.00000380. The van der Waals surface area contributed by atoms with Crippen molar-refractivity contribution in [2.24, 2.45) is 11.8 Å². The Morgan fingerprint density at radius 2 is 1.92 bits per heavy atom. The second kappa shape index (κ2) is 16.8. The average Bonchev–Trinajstić information content (AvgIpc) is 2.89. The number of aromatic nitrogens is 2. The summed E-state index contributed by atoms with van der Waals surface area (Å²) in [6.45, 7) is 17.7. The fourth-order valence-corrected chi connectivity index (χ4v) is 5.29. The Hall–Kier alpha value is -1.33. The summed E-state index contributed by atoms with van der Waals surface area (Å²) in [5.41, 5.74) is 0.269. The van der Waals surface area contributed by atoms with Gasteiger partial charge in [-0.2, -0.15) is 11.8 Å². The van der Waals surface area contributed by atoms with Crippen molar-refractivity contribution in [3.05, 3.63) is 17.6 Å². The Labute approximate surface area is 251 Å². The lowest BCUT2D eigenvalue weighted by molar-refractivity contribution is -0.140. The van der Waals surface area contributed by atoms with Crippen LogP contribution in [-0.4, -0.2) is 102 Å². The first-order valence-corrected chi connectivity index (χ1v) is 14.8. The van der Waals surface area contributed by atoms with Crippen LogP contribution in [0.3, 0.4) is 0 Å². The highest BCUT2D eigenvalue weighted by Crippen LogP contribution is 2.26. The molecule has 1 aromatic rings. The molecule has 1 aromatic heterocycles. The number of carbonyl (C=O) groups excluding carboxylic acids is 2. The summed E-state index contributed by atoms with van der Waals surface area (Å²) in [6, 6.07) is -0.0792. The van der Waals surface area contributed by atoms with Gasteiger partial charge in [0.05, 0.1) is 19.1 Å². The number of thioether (sulfide) groups is 1. The number of hydrogen-bond acceptors (Lipinski definition) is 8. The number of morpholine rings is 1. The Kier molecular flexibility index (Phi) is 15.4. The number of nitrogens with zero attached hydrogens (tertiary/aromatic N) is 4. The first kappa shape index (κ1) is 35.7. The van der Waals surface area contributed by atoms with Gasteiger partial charge < -0.3 is 25.2 Å². The van der Waals surface area contributed by atoms with Gasteiger partial charge in [0, 0.05) is 62.7 Å². The highest BCUT2D eigenvalue weighted by Gasteiger charge is 2.36. The van der Waals surface area contributed by atoms with E-state index in [2.05, 4.69) is 57.2 Å². The van der Waals surface area contributed by atoms with Crippen LogP contribution in [0.1, 0.15) is 64.1 Å². The molecule has 0 spiro atoms. The third kappa shape index (κ3) is 10.2. The highest BCUT2D eigenvalue weighted by atomic mass is 35.5. The summed E-state index contributed by atoms with van der Waals surface area (Å²) < 4.78 is 5.42. The minimum absolute atomic E-state index is 0. The summed E-state index contributed by atoms with van der Waals surface area (Å²) in [5.74, 6) is 3.50. The molecule has 2 fully saturated rings. The van der Waals surface area contributed by atoms with E-state index in [-0.39, 0.29) is 59.9 Å². The molecule has 2 saturated heterocycles. The molecule has 224 valence electrons. The van der Waals surface area contributed by atoms with Crippen LogP contribution in [0.15, 0.2) is 6.20 Å². The summed E-state index contributed by atoms with van der Waals surface area (Å²) >= 11 is 1.85. The number of amides is 2. The van der Waals surface area contributed by atoms with Crippen LogP contribution in [0.2, 0.25) is 0 Å². The van der Waals surface area contributed by atoms with Gasteiger partial charge in [-0.1, -0.05) is 41.5 Å². The number of carbonyl (C=O) groups is 2. The van der Waals surface area contributed by atoms with Gasteiger partial charge in [0.25, 0.3) is 5.91 Å². The normalized spacial score (nSPS) is 19.6. The van der Waals surface area contributed by atoms with Crippen LogP contribution in [0.5, 0.6) is 0 Å². The molecule has 39 heavy (non-hydrogen) atoms. The van der Waals surface area contributed by atoms with E-state index in [1.807, 2.05) is 21.6 Å². The zero-order valence-corrected chi connectivity index (χ0v) is 26.8. The van der Waals surface area contributed by atoms with E-state index >= 15 is 0 Å². The smallest absolute Gasteiger partial charge is 0.259 e. The second-order valence-electron chi connectivity index (χ2n) is 11.4. The second-order valence-corrected chi connectivity index (χ2v) is 12.8. The number of rotatable bonds is 10. The lowest BCUT2D eigenvalue weighted by Gasteiger charge is -2.40. The van der Waals surface area contributed by atoms with Gasteiger partial charge in [0.15, 0.2) is 0 Å². The van der Waals surface area contributed by atoms with E-state index in [1.54, 1.807) is 6.20 Å². The van der Waals surface area contributed by atoms with Crippen LogP contribution in [0.25, 0.3) is 0 Å². The summed E-state index contributed by atoms with van der Waals surface area (Å²) in [5, 5.41) is 6.85. The number of anilines is 1. The van der Waals surface area contributed by atoms with Crippen LogP contribution < -0.4 is 10.6 Å². The molecular weight excluding hydrogens is 559 g/mol. The largest absolute Gasteiger partial charge is 0.378 e. The van der Waals surface area contributed by atoms with Crippen molar-refractivity contribution in [3.8, 4) is 0 Å². The molecule has 2 N–H and O–H groups in total. The predicted octanol–water partition coefficient (Wildman–Crippen LogP) is 3.72. The van der Waals surface area contributed by atoms with E-state index in [9.17, 15) is 9.59 Å². The Morgan fingerprint density at radius 3 is 2.54 bits per heavy atom. The van der Waals surface area contributed by atoms with Crippen molar-refractivity contribution >= 4 is 54.2 Å². The van der Waals surface area contributed by atoms with Crippen molar-refractivity contribution in [1.82, 2.24) is 25.1 Å². The first-order valence-electron chi connectivity index (χ1n) is 13.7.